The van der Waals surface area contributed by atoms with Crippen LogP contribution in [0.4, 0.5) is 17.2 Å². The average molecular weight is 526 g/mol. The molecule has 10 heteroatoms. The van der Waals surface area contributed by atoms with Crippen molar-refractivity contribution in [3.63, 3.8) is 0 Å². The van der Waals surface area contributed by atoms with Gasteiger partial charge < -0.3 is 16.2 Å². The van der Waals surface area contributed by atoms with Crippen LogP contribution < -0.4 is 15.8 Å². The van der Waals surface area contributed by atoms with Gasteiger partial charge in [0.05, 0.1) is 4.90 Å². The molecule has 0 bridgehead atoms. The zero-order valence-electron chi connectivity index (χ0n) is 20.2. The summed E-state index contributed by atoms with van der Waals surface area (Å²) in [6.45, 7) is 1.72. The molecule has 0 saturated carbocycles. The Hall–Kier alpha value is -4.96. The number of amides is 1. The molecule has 38 heavy (non-hydrogen) atoms. The van der Waals surface area contributed by atoms with Crippen molar-refractivity contribution in [1.29, 1.82) is 0 Å². The van der Waals surface area contributed by atoms with Gasteiger partial charge in [0, 0.05) is 33.3 Å². The van der Waals surface area contributed by atoms with Crippen LogP contribution in [0.3, 0.4) is 0 Å². The fraction of sp³-hybridized carbons (Fsp3) is 0.0357. The smallest absolute Gasteiger partial charge is 0.262 e. The molecule has 0 aliphatic heterocycles. The minimum absolute atomic E-state index is 0.0391. The number of aryl methyl sites for hydroxylation is 1. The summed E-state index contributed by atoms with van der Waals surface area (Å²) in [7, 11) is -3.92. The summed E-state index contributed by atoms with van der Waals surface area (Å²) in [5, 5.41) is 23.1. The number of nitrogens with one attached hydrogen (secondary N) is 2. The number of aromatic hydroxyl groups is 1. The number of benzene rings is 4. The zero-order chi connectivity index (χ0) is 26.9. The Morgan fingerprint density at radius 2 is 1.50 bits per heavy atom. The van der Waals surface area contributed by atoms with E-state index in [-0.39, 0.29) is 10.6 Å². The number of primary amides is 1. The van der Waals surface area contributed by atoms with Crippen molar-refractivity contribution in [2.75, 3.05) is 10.0 Å². The third-order valence-corrected chi connectivity index (χ3v) is 7.51. The van der Waals surface area contributed by atoms with E-state index >= 15 is 0 Å². The minimum atomic E-state index is -3.92. The van der Waals surface area contributed by atoms with Crippen LogP contribution in [-0.2, 0) is 10.0 Å². The molecule has 4 aromatic carbocycles. The minimum Gasteiger partial charge on any atom is -0.508 e. The number of carbonyl (C=O) groups excluding carboxylic acids is 1. The van der Waals surface area contributed by atoms with Gasteiger partial charge in [0.2, 0.25) is 5.91 Å². The largest absolute Gasteiger partial charge is 0.508 e. The third-order valence-electron chi connectivity index (χ3n) is 5.99. The Labute approximate surface area is 219 Å². The number of sulfonamides is 1. The van der Waals surface area contributed by atoms with E-state index in [9.17, 15) is 18.3 Å². The lowest BCUT2D eigenvalue weighted by Crippen LogP contribution is -2.14. The van der Waals surface area contributed by atoms with Crippen LogP contribution in [0.2, 0.25) is 0 Å². The van der Waals surface area contributed by atoms with Gasteiger partial charge in [0.25, 0.3) is 10.0 Å². The Morgan fingerprint density at radius 1 is 0.842 bits per heavy atom. The first kappa shape index (κ1) is 24.7. The predicted molar refractivity (Wildman–Crippen MR) is 147 cm³/mol. The second-order valence-electron chi connectivity index (χ2n) is 8.64. The van der Waals surface area contributed by atoms with Gasteiger partial charge in [0.1, 0.15) is 11.4 Å². The number of phenols is 1. The summed E-state index contributed by atoms with van der Waals surface area (Å²) in [5.41, 5.74) is 8.42. The first-order valence-corrected chi connectivity index (χ1v) is 13.0. The molecule has 0 aliphatic rings. The van der Waals surface area contributed by atoms with Gasteiger partial charge in [-0.25, -0.2) is 8.42 Å². The second-order valence-corrected chi connectivity index (χ2v) is 10.3. The molecule has 1 aromatic heterocycles. The zero-order valence-corrected chi connectivity index (χ0v) is 21.0. The van der Waals surface area contributed by atoms with Crippen molar-refractivity contribution in [1.82, 2.24) is 10.2 Å². The molecule has 0 spiro atoms. The van der Waals surface area contributed by atoms with Crippen molar-refractivity contribution in [3.8, 4) is 17.0 Å². The lowest BCUT2D eigenvalue weighted by atomic mass is 10.0. The Kier molecular flexibility index (Phi) is 6.39. The van der Waals surface area contributed by atoms with E-state index in [2.05, 4.69) is 20.2 Å². The van der Waals surface area contributed by atoms with E-state index < -0.39 is 15.9 Å². The highest BCUT2D eigenvalue weighted by Crippen LogP contribution is 2.33. The SMILES string of the molecule is Cc1ccc(-c2nnc(Nc3ccc(C(N)=O)cc3)c3ccccc23)cc1S(=O)(=O)Nc1ccc(O)cc1. The molecule has 1 amide bonds. The van der Waals surface area contributed by atoms with Gasteiger partial charge in [-0.05, 0) is 67.1 Å². The highest BCUT2D eigenvalue weighted by Gasteiger charge is 2.20. The van der Waals surface area contributed by atoms with Crippen molar-refractivity contribution in [3.05, 3.63) is 102 Å². The maximum atomic E-state index is 13.2. The van der Waals surface area contributed by atoms with Gasteiger partial charge >= 0.3 is 0 Å². The number of phenolic OH excluding ortho intramolecular Hbond substituents is 1. The van der Waals surface area contributed by atoms with Gasteiger partial charge in [0.15, 0.2) is 5.82 Å². The molecular formula is C28H23N5O4S. The second kappa shape index (κ2) is 9.83. The first-order chi connectivity index (χ1) is 18.2. The number of nitrogens with zero attached hydrogens (tertiary/aromatic N) is 2. The molecule has 0 fully saturated rings. The number of hydrogen-bond donors (Lipinski definition) is 4. The van der Waals surface area contributed by atoms with E-state index in [1.54, 1.807) is 49.4 Å². The van der Waals surface area contributed by atoms with Crippen LogP contribution in [0, 0.1) is 6.92 Å². The van der Waals surface area contributed by atoms with Crippen molar-refractivity contribution in [2.45, 2.75) is 11.8 Å². The summed E-state index contributed by atoms with van der Waals surface area (Å²) in [4.78, 5) is 11.5. The molecule has 190 valence electrons. The van der Waals surface area contributed by atoms with Crippen molar-refractivity contribution in [2.24, 2.45) is 5.73 Å². The highest BCUT2D eigenvalue weighted by molar-refractivity contribution is 7.92. The van der Waals surface area contributed by atoms with Crippen LogP contribution in [0.15, 0.2) is 95.9 Å². The number of nitrogens with two attached hydrogens (primary N) is 1. The fourth-order valence-corrected chi connectivity index (χ4v) is 5.37. The van der Waals surface area contributed by atoms with Crippen LogP contribution in [-0.4, -0.2) is 29.6 Å². The quantitative estimate of drug-likeness (QED) is 0.220. The van der Waals surface area contributed by atoms with Gasteiger partial charge in [-0.2, -0.15) is 0 Å². The fourth-order valence-electron chi connectivity index (χ4n) is 4.04. The molecule has 0 aliphatic carbocycles. The number of aromatic nitrogens is 2. The number of anilines is 3. The van der Waals surface area contributed by atoms with E-state index in [1.165, 1.54) is 24.3 Å². The van der Waals surface area contributed by atoms with E-state index in [1.807, 2.05) is 24.3 Å². The van der Waals surface area contributed by atoms with Crippen LogP contribution in [0.25, 0.3) is 22.0 Å². The molecule has 0 radical (unpaired) electrons. The molecule has 0 saturated heterocycles. The summed E-state index contributed by atoms with van der Waals surface area (Å²) < 4.78 is 29.0. The third kappa shape index (κ3) is 4.97. The molecular weight excluding hydrogens is 502 g/mol. The summed E-state index contributed by atoms with van der Waals surface area (Å²) in [5.74, 6) is 0.0335. The number of hydrogen-bond acceptors (Lipinski definition) is 7. The Morgan fingerprint density at radius 3 is 2.18 bits per heavy atom. The molecule has 5 N–H and O–H groups in total. The van der Waals surface area contributed by atoms with Gasteiger partial charge in [-0.3, -0.25) is 9.52 Å². The average Bonchev–Trinajstić information content (AvgIpc) is 2.91. The summed E-state index contributed by atoms with van der Waals surface area (Å²) in [6, 6.07) is 25.1. The van der Waals surface area contributed by atoms with Crippen LogP contribution in [0.5, 0.6) is 5.75 Å². The topological polar surface area (TPSA) is 147 Å². The molecule has 5 aromatic rings. The van der Waals surface area contributed by atoms with E-state index in [0.717, 1.165) is 10.8 Å². The van der Waals surface area contributed by atoms with Crippen LogP contribution >= 0.6 is 0 Å². The lowest BCUT2D eigenvalue weighted by molar-refractivity contribution is 0.100. The molecule has 0 unspecified atom stereocenters. The summed E-state index contributed by atoms with van der Waals surface area (Å²) in [6.07, 6.45) is 0. The van der Waals surface area contributed by atoms with Crippen molar-refractivity contribution < 1.29 is 18.3 Å². The molecule has 1 heterocycles. The Balaban J connectivity index is 1.52. The normalized spacial score (nSPS) is 11.3. The van der Waals surface area contributed by atoms with Crippen molar-refractivity contribution >= 4 is 43.9 Å². The van der Waals surface area contributed by atoms with Crippen LogP contribution in [0.1, 0.15) is 15.9 Å². The maximum absolute atomic E-state index is 13.2. The highest BCUT2D eigenvalue weighted by atomic mass is 32.2. The summed E-state index contributed by atoms with van der Waals surface area (Å²) >= 11 is 0. The molecule has 9 nitrogen and oxygen atoms in total. The standard InChI is InChI=1S/C28H23N5O4S/c1-17-6-7-19(16-25(17)38(36,37)33-21-12-14-22(34)15-13-21)26-23-4-2-3-5-24(23)28(32-31-26)30-20-10-8-18(9-11-20)27(29)35/h2-16,33-34H,1H3,(H2,29,35)(H,30,32). The molecule has 5 rings (SSSR count). The van der Waals surface area contributed by atoms with E-state index in [0.29, 0.717) is 39.6 Å². The predicted octanol–water partition coefficient (Wildman–Crippen LogP) is 4.95. The van der Waals surface area contributed by atoms with E-state index in [4.69, 9.17) is 5.73 Å². The monoisotopic (exact) mass is 525 g/mol. The maximum Gasteiger partial charge on any atom is 0.262 e. The number of rotatable bonds is 7. The number of fused-ring (bicyclic) bond motifs is 1. The molecule has 0 atom stereocenters. The first-order valence-electron chi connectivity index (χ1n) is 11.6. The Bertz CT molecular complexity index is 1770. The lowest BCUT2D eigenvalue weighted by Gasteiger charge is -2.14. The van der Waals surface area contributed by atoms with Gasteiger partial charge in [-0.15, -0.1) is 10.2 Å². The van der Waals surface area contributed by atoms with Gasteiger partial charge in [-0.1, -0.05) is 36.4 Å². The number of carbonyl (C=O) groups is 1.